The Bertz CT molecular complexity index is 3150. The molecule has 5 heteroatoms. The quantitative estimate of drug-likeness (QED) is 0.172. The highest BCUT2D eigenvalue weighted by atomic mass is 15.2. The summed E-state index contributed by atoms with van der Waals surface area (Å²) in [7, 11) is 0. The van der Waals surface area contributed by atoms with E-state index >= 15 is 0 Å². The molecule has 0 amide bonds. The molecule has 56 heavy (non-hydrogen) atoms. The van der Waals surface area contributed by atoms with Crippen LogP contribution >= 0.6 is 0 Å². The van der Waals surface area contributed by atoms with Gasteiger partial charge in [-0.1, -0.05) is 176 Å². The van der Waals surface area contributed by atoms with Gasteiger partial charge in [-0.15, -0.1) is 0 Å². The highest BCUT2D eigenvalue weighted by molar-refractivity contribution is 6.34. The topological polar surface area (TPSA) is 48.5 Å². The number of aromatic nitrogens is 5. The van der Waals surface area contributed by atoms with E-state index in [-0.39, 0.29) is 0 Å². The Hall–Kier alpha value is -7.63. The van der Waals surface area contributed by atoms with Gasteiger partial charge in [0.15, 0.2) is 11.6 Å². The van der Waals surface area contributed by atoms with Gasteiger partial charge < -0.3 is 4.57 Å². The average molecular weight is 716 g/mol. The van der Waals surface area contributed by atoms with Crippen molar-refractivity contribution in [3.05, 3.63) is 200 Å². The number of hydrogen-bond acceptors (Lipinski definition) is 3. The van der Waals surface area contributed by atoms with Gasteiger partial charge in [-0.3, -0.25) is 4.57 Å². The average Bonchev–Trinajstić information content (AvgIpc) is 3.81. The van der Waals surface area contributed by atoms with Crippen molar-refractivity contribution >= 4 is 43.6 Å². The Morgan fingerprint density at radius 3 is 1.25 bits per heavy atom. The molecular weight excluding hydrogens is 683 g/mol. The van der Waals surface area contributed by atoms with Crippen LogP contribution in [0.2, 0.25) is 0 Å². The molecule has 0 bridgehead atoms. The highest BCUT2D eigenvalue weighted by Crippen LogP contribution is 2.51. The summed E-state index contributed by atoms with van der Waals surface area (Å²) in [5.74, 6) is 1.80. The molecule has 0 atom stereocenters. The number of para-hydroxylation sites is 3. The molecule has 0 N–H and O–H groups in total. The molecule has 0 aliphatic carbocycles. The zero-order valence-electron chi connectivity index (χ0n) is 30.3. The lowest BCUT2D eigenvalue weighted by molar-refractivity contribution is 0.955. The second-order valence-corrected chi connectivity index (χ2v) is 14.0. The molecule has 0 aliphatic heterocycles. The molecule has 11 rings (SSSR count). The molecule has 8 aromatic carbocycles. The smallest absolute Gasteiger partial charge is 0.238 e. The van der Waals surface area contributed by atoms with Crippen molar-refractivity contribution in [3.8, 4) is 56.7 Å². The predicted octanol–water partition coefficient (Wildman–Crippen LogP) is 12.7. The van der Waals surface area contributed by atoms with Crippen LogP contribution < -0.4 is 0 Å². The van der Waals surface area contributed by atoms with Crippen LogP contribution in [0.3, 0.4) is 0 Å². The molecular formula is C51H33N5. The van der Waals surface area contributed by atoms with E-state index in [4.69, 9.17) is 15.0 Å². The van der Waals surface area contributed by atoms with Crippen LogP contribution in [0, 0.1) is 0 Å². The molecule has 0 saturated heterocycles. The summed E-state index contributed by atoms with van der Waals surface area (Å²) in [5, 5.41) is 4.56. The lowest BCUT2D eigenvalue weighted by atomic mass is 9.88. The molecule has 0 unspecified atom stereocenters. The monoisotopic (exact) mass is 715 g/mol. The lowest BCUT2D eigenvalue weighted by Crippen LogP contribution is -2.07. The fourth-order valence-corrected chi connectivity index (χ4v) is 8.42. The number of benzene rings is 8. The van der Waals surface area contributed by atoms with Gasteiger partial charge in [-0.25, -0.2) is 4.98 Å². The van der Waals surface area contributed by atoms with Crippen molar-refractivity contribution in [2.24, 2.45) is 0 Å². The number of fused-ring (bicyclic) bond motifs is 7. The summed E-state index contributed by atoms with van der Waals surface area (Å²) in [6.45, 7) is 0. The predicted molar refractivity (Wildman–Crippen MR) is 230 cm³/mol. The number of rotatable bonds is 6. The first-order chi connectivity index (χ1) is 27.8. The van der Waals surface area contributed by atoms with Gasteiger partial charge in [0.05, 0.1) is 22.1 Å². The maximum absolute atomic E-state index is 5.34. The molecule has 11 aromatic rings. The minimum atomic E-state index is 0.563. The number of nitrogens with zero attached hydrogens (tertiary/aromatic N) is 5. The van der Waals surface area contributed by atoms with Crippen molar-refractivity contribution in [3.63, 3.8) is 0 Å². The SMILES string of the molecule is c1ccc(-c2nc(-c3ccccc3)nc(-n3c4ccccc4c4c(-c5ccccc5)c(-c5ccccc5)c5c(c6ccccc6n5-c5ccccc5)c43)n2)cc1. The van der Waals surface area contributed by atoms with Crippen molar-refractivity contribution in [2.45, 2.75) is 0 Å². The normalized spacial score (nSPS) is 11.6. The van der Waals surface area contributed by atoms with Gasteiger partial charge >= 0.3 is 0 Å². The van der Waals surface area contributed by atoms with Crippen LogP contribution in [0.25, 0.3) is 100 Å². The van der Waals surface area contributed by atoms with Gasteiger partial charge in [0.2, 0.25) is 5.95 Å². The summed E-state index contributed by atoms with van der Waals surface area (Å²) in [6.07, 6.45) is 0. The zero-order chi connectivity index (χ0) is 37.0. The zero-order valence-corrected chi connectivity index (χ0v) is 30.3. The molecule has 0 aliphatic rings. The van der Waals surface area contributed by atoms with E-state index in [1.807, 2.05) is 36.4 Å². The molecule has 0 fully saturated rings. The third-order valence-electron chi connectivity index (χ3n) is 10.7. The maximum Gasteiger partial charge on any atom is 0.238 e. The largest absolute Gasteiger partial charge is 0.309 e. The summed E-state index contributed by atoms with van der Waals surface area (Å²) in [4.78, 5) is 15.8. The fraction of sp³-hybridized carbons (Fsp3) is 0. The lowest BCUT2D eigenvalue weighted by Gasteiger charge is -2.19. The van der Waals surface area contributed by atoms with E-state index < -0.39 is 0 Å². The van der Waals surface area contributed by atoms with Gasteiger partial charge in [0.1, 0.15) is 0 Å². The second kappa shape index (κ2) is 13.0. The van der Waals surface area contributed by atoms with E-state index in [0.717, 1.165) is 77.1 Å². The minimum Gasteiger partial charge on any atom is -0.309 e. The van der Waals surface area contributed by atoms with Crippen molar-refractivity contribution in [2.75, 3.05) is 0 Å². The van der Waals surface area contributed by atoms with Gasteiger partial charge in [0.25, 0.3) is 0 Å². The number of hydrogen-bond donors (Lipinski definition) is 0. The van der Waals surface area contributed by atoms with Crippen LogP contribution in [0.5, 0.6) is 0 Å². The van der Waals surface area contributed by atoms with Crippen molar-refractivity contribution in [1.82, 2.24) is 24.1 Å². The molecule has 5 nitrogen and oxygen atoms in total. The van der Waals surface area contributed by atoms with Gasteiger partial charge in [-0.2, -0.15) is 9.97 Å². The van der Waals surface area contributed by atoms with Crippen LogP contribution in [0.4, 0.5) is 0 Å². The molecule has 262 valence electrons. The van der Waals surface area contributed by atoms with Crippen molar-refractivity contribution < 1.29 is 0 Å². The third-order valence-corrected chi connectivity index (χ3v) is 10.7. The highest BCUT2D eigenvalue weighted by Gasteiger charge is 2.29. The Kier molecular flexibility index (Phi) is 7.42. The van der Waals surface area contributed by atoms with Crippen molar-refractivity contribution in [1.29, 1.82) is 0 Å². The third kappa shape index (κ3) is 4.99. The Morgan fingerprint density at radius 2 is 0.714 bits per heavy atom. The summed E-state index contributed by atoms with van der Waals surface area (Å²) < 4.78 is 4.73. The molecule has 0 spiro atoms. The Labute approximate surface area is 323 Å². The standard InChI is InChI=1S/C51H33N5/c1-6-20-34(21-7-1)43-44(35-22-8-2-9-23-35)47-46(40-31-17-18-32-41(40)55(47)38-28-14-5-15-29-38)48-45(43)39-30-16-19-33-42(39)56(48)51-53-49(36-24-10-3-11-25-36)52-50(54-51)37-26-12-4-13-27-37/h1-33H. The first-order valence-corrected chi connectivity index (χ1v) is 18.9. The summed E-state index contributed by atoms with van der Waals surface area (Å²) in [6, 6.07) is 70.3. The van der Waals surface area contributed by atoms with Crippen LogP contribution in [-0.4, -0.2) is 24.1 Å². The van der Waals surface area contributed by atoms with E-state index in [1.165, 1.54) is 5.56 Å². The first-order valence-electron chi connectivity index (χ1n) is 18.9. The first kappa shape index (κ1) is 31.9. The van der Waals surface area contributed by atoms with Crippen LogP contribution in [0.1, 0.15) is 0 Å². The fourth-order valence-electron chi connectivity index (χ4n) is 8.42. The summed E-state index contributed by atoms with van der Waals surface area (Å²) >= 11 is 0. The van der Waals surface area contributed by atoms with Crippen LogP contribution in [-0.2, 0) is 0 Å². The molecule has 3 heterocycles. The van der Waals surface area contributed by atoms with Gasteiger partial charge in [0, 0.05) is 49.5 Å². The second-order valence-electron chi connectivity index (χ2n) is 14.0. The van der Waals surface area contributed by atoms with E-state index in [0.29, 0.717) is 17.6 Å². The van der Waals surface area contributed by atoms with Crippen LogP contribution in [0.15, 0.2) is 200 Å². The minimum absolute atomic E-state index is 0.563. The Morgan fingerprint density at radius 1 is 0.304 bits per heavy atom. The maximum atomic E-state index is 5.34. The van der Waals surface area contributed by atoms with Gasteiger partial charge in [-0.05, 0) is 35.4 Å². The Balaban J connectivity index is 1.42. The van der Waals surface area contributed by atoms with E-state index in [9.17, 15) is 0 Å². The summed E-state index contributed by atoms with van der Waals surface area (Å²) in [5.41, 5.74) is 11.9. The van der Waals surface area contributed by atoms with E-state index in [1.54, 1.807) is 0 Å². The molecule has 0 saturated carbocycles. The molecule has 0 radical (unpaired) electrons. The molecule has 3 aromatic heterocycles. The van der Waals surface area contributed by atoms with E-state index in [2.05, 4.69) is 173 Å².